The Morgan fingerprint density at radius 2 is 1.34 bits per heavy atom. The van der Waals surface area contributed by atoms with Crippen LogP contribution in [0.5, 0.6) is 5.75 Å². The van der Waals surface area contributed by atoms with Crippen LogP contribution in [-0.4, -0.2) is 5.11 Å². The fraction of sp³-hybridized carbons (Fsp3) is 0.143. The van der Waals surface area contributed by atoms with Crippen LogP contribution in [-0.2, 0) is 6.42 Å². The number of allylic oxidation sites excluding steroid dienone is 4. The first kappa shape index (κ1) is 16.6. The Bertz CT molecular complexity index is 1350. The normalized spacial score (nSPS) is 15.6. The highest BCUT2D eigenvalue weighted by Gasteiger charge is 2.21. The summed E-state index contributed by atoms with van der Waals surface area (Å²) in [7, 11) is 0. The highest BCUT2D eigenvalue weighted by atomic mass is 16.3. The summed E-state index contributed by atoms with van der Waals surface area (Å²) in [4.78, 5) is 0. The number of fused-ring (bicyclic) bond motifs is 5. The van der Waals surface area contributed by atoms with Crippen LogP contribution in [0.3, 0.4) is 0 Å². The zero-order valence-electron chi connectivity index (χ0n) is 16.3. The van der Waals surface area contributed by atoms with Crippen LogP contribution in [0.1, 0.15) is 30.4 Å². The molecule has 0 saturated heterocycles. The van der Waals surface area contributed by atoms with E-state index in [2.05, 4.69) is 54.6 Å². The molecule has 0 fully saturated rings. The predicted molar refractivity (Wildman–Crippen MR) is 122 cm³/mol. The SMILES string of the molecule is Oc1ccc(-c2cccc3c4c(ccc23)C2=C(CCC=C2)CC4)c2ccccc12. The molecule has 0 bridgehead atoms. The monoisotopic (exact) mass is 374 g/mol. The van der Waals surface area contributed by atoms with Crippen LogP contribution in [0.15, 0.2) is 84.5 Å². The number of benzene rings is 4. The molecule has 0 radical (unpaired) electrons. The molecule has 2 aliphatic rings. The molecule has 140 valence electrons. The van der Waals surface area contributed by atoms with Gasteiger partial charge in [-0.25, -0.2) is 0 Å². The highest BCUT2D eigenvalue weighted by Crippen LogP contribution is 2.43. The van der Waals surface area contributed by atoms with Crippen molar-refractivity contribution in [3.8, 4) is 16.9 Å². The second-order valence-electron chi connectivity index (χ2n) is 8.13. The summed E-state index contributed by atoms with van der Waals surface area (Å²) < 4.78 is 0. The van der Waals surface area contributed by atoms with Crippen LogP contribution >= 0.6 is 0 Å². The van der Waals surface area contributed by atoms with E-state index in [1.54, 1.807) is 5.57 Å². The number of aromatic hydroxyl groups is 1. The topological polar surface area (TPSA) is 20.2 Å². The number of hydrogen-bond acceptors (Lipinski definition) is 1. The summed E-state index contributed by atoms with van der Waals surface area (Å²) in [6.45, 7) is 0. The van der Waals surface area contributed by atoms with Crippen molar-refractivity contribution in [1.82, 2.24) is 0 Å². The van der Waals surface area contributed by atoms with Crippen LogP contribution in [0.4, 0.5) is 0 Å². The summed E-state index contributed by atoms with van der Waals surface area (Å²) in [6, 6.07) is 23.3. The fourth-order valence-electron chi connectivity index (χ4n) is 5.22. The molecule has 0 aliphatic heterocycles. The van der Waals surface area contributed by atoms with Crippen LogP contribution < -0.4 is 0 Å². The molecule has 0 aromatic heterocycles. The van der Waals surface area contributed by atoms with E-state index in [1.807, 2.05) is 24.3 Å². The Balaban J connectivity index is 1.63. The van der Waals surface area contributed by atoms with Gasteiger partial charge in [-0.1, -0.05) is 78.4 Å². The van der Waals surface area contributed by atoms with Gasteiger partial charge in [0.1, 0.15) is 5.75 Å². The van der Waals surface area contributed by atoms with Crippen molar-refractivity contribution in [1.29, 1.82) is 0 Å². The quantitative estimate of drug-likeness (QED) is 0.368. The van der Waals surface area contributed by atoms with E-state index in [0.29, 0.717) is 5.75 Å². The minimum absolute atomic E-state index is 0.338. The maximum Gasteiger partial charge on any atom is 0.123 e. The Labute approximate surface area is 170 Å². The Kier molecular flexibility index (Phi) is 3.64. The summed E-state index contributed by atoms with van der Waals surface area (Å²) >= 11 is 0. The predicted octanol–water partition coefficient (Wildman–Crippen LogP) is 7.42. The van der Waals surface area contributed by atoms with Crippen molar-refractivity contribution in [3.63, 3.8) is 0 Å². The molecular weight excluding hydrogens is 352 g/mol. The number of hydrogen-bond donors (Lipinski definition) is 1. The third kappa shape index (κ3) is 2.47. The van der Waals surface area contributed by atoms with Gasteiger partial charge in [-0.05, 0) is 75.7 Å². The summed E-state index contributed by atoms with van der Waals surface area (Å²) in [6.07, 6.45) is 9.34. The Hall–Kier alpha value is -3.32. The number of aryl methyl sites for hydroxylation is 1. The van der Waals surface area contributed by atoms with Crippen molar-refractivity contribution in [3.05, 3.63) is 95.6 Å². The van der Waals surface area contributed by atoms with Gasteiger partial charge in [-0.2, -0.15) is 0 Å². The van der Waals surface area contributed by atoms with E-state index in [4.69, 9.17) is 0 Å². The molecule has 1 heteroatoms. The molecule has 0 spiro atoms. The van der Waals surface area contributed by atoms with Crippen molar-refractivity contribution < 1.29 is 5.11 Å². The molecule has 6 rings (SSSR count). The zero-order chi connectivity index (χ0) is 19.4. The van der Waals surface area contributed by atoms with E-state index in [0.717, 1.165) is 17.2 Å². The van der Waals surface area contributed by atoms with Gasteiger partial charge in [-0.15, -0.1) is 0 Å². The fourth-order valence-corrected chi connectivity index (χ4v) is 5.22. The van der Waals surface area contributed by atoms with E-state index in [-0.39, 0.29) is 0 Å². The molecule has 1 nitrogen and oxygen atoms in total. The molecule has 0 atom stereocenters. The standard InChI is InChI=1S/C28H22O/c29-28-17-16-26(22-8-3-4-9-27(22)28)21-11-5-10-20-24-13-12-18-6-1-2-7-19(18)23(24)14-15-25(20)21/h2-5,7-11,14-17,29H,1,6,12-13H2. The lowest BCUT2D eigenvalue weighted by atomic mass is 9.79. The maximum atomic E-state index is 10.3. The largest absolute Gasteiger partial charge is 0.507 e. The maximum absolute atomic E-state index is 10.3. The highest BCUT2D eigenvalue weighted by molar-refractivity contribution is 6.08. The van der Waals surface area contributed by atoms with Gasteiger partial charge in [0.15, 0.2) is 0 Å². The average Bonchev–Trinajstić information content (AvgIpc) is 2.79. The second-order valence-corrected chi connectivity index (χ2v) is 8.13. The van der Waals surface area contributed by atoms with Gasteiger partial charge in [-0.3, -0.25) is 0 Å². The lowest BCUT2D eigenvalue weighted by Gasteiger charge is -2.26. The first-order valence-corrected chi connectivity index (χ1v) is 10.5. The molecule has 0 unspecified atom stereocenters. The molecule has 2 aliphatic carbocycles. The molecular formula is C28H22O. The van der Waals surface area contributed by atoms with Crippen LogP contribution in [0, 0.1) is 0 Å². The lowest BCUT2D eigenvalue weighted by molar-refractivity contribution is 0.481. The number of rotatable bonds is 1. The van der Waals surface area contributed by atoms with Gasteiger partial charge in [0, 0.05) is 5.39 Å². The van der Waals surface area contributed by atoms with E-state index < -0.39 is 0 Å². The lowest BCUT2D eigenvalue weighted by Crippen LogP contribution is -2.07. The minimum atomic E-state index is 0.338. The third-order valence-electron chi connectivity index (χ3n) is 6.61. The molecule has 4 aromatic carbocycles. The zero-order valence-corrected chi connectivity index (χ0v) is 16.3. The van der Waals surface area contributed by atoms with Crippen molar-refractivity contribution >= 4 is 27.1 Å². The van der Waals surface area contributed by atoms with E-state index in [1.165, 1.54) is 57.9 Å². The van der Waals surface area contributed by atoms with Crippen molar-refractivity contribution in [2.45, 2.75) is 25.7 Å². The molecule has 0 heterocycles. The smallest absolute Gasteiger partial charge is 0.123 e. The van der Waals surface area contributed by atoms with Gasteiger partial charge in [0.2, 0.25) is 0 Å². The first-order valence-electron chi connectivity index (χ1n) is 10.5. The minimum Gasteiger partial charge on any atom is -0.507 e. The first-order chi connectivity index (χ1) is 14.3. The summed E-state index contributed by atoms with van der Waals surface area (Å²) in [5.74, 6) is 0.338. The molecule has 4 aromatic rings. The number of phenolic OH excluding ortho intramolecular Hbond substituents is 1. The third-order valence-corrected chi connectivity index (χ3v) is 6.61. The van der Waals surface area contributed by atoms with Crippen molar-refractivity contribution in [2.75, 3.05) is 0 Å². The molecule has 1 N–H and O–H groups in total. The Morgan fingerprint density at radius 1 is 0.586 bits per heavy atom. The number of phenols is 1. The van der Waals surface area contributed by atoms with Crippen molar-refractivity contribution in [2.24, 2.45) is 0 Å². The van der Waals surface area contributed by atoms with Crippen LogP contribution in [0.25, 0.3) is 38.2 Å². The van der Waals surface area contributed by atoms with Gasteiger partial charge >= 0.3 is 0 Å². The average molecular weight is 374 g/mol. The van der Waals surface area contributed by atoms with Gasteiger partial charge in [0.25, 0.3) is 0 Å². The summed E-state index contributed by atoms with van der Waals surface area (Å²) in [5.41, 5.74) is 8.40. The van der Waals surface area contributed by atoms with E-state index in [9.17, 15) is 5.11 Å². The summed E-state index contributed by atoms with van der Waals surface area (Å²) in [5, 5.41) is 15.0. The van der Waals surface area contributed by atoms with E-state index >= 15 is 0 Å². The van der Waals surface area contributed by atoms with Gasteiger partial charge in [0.05, 0.1) is 0 Å². The van der Waals surface area contributed by atoms with Gasteiger partial charge < -0.3 is 5.11 Å². The molecule has 0 amide bonds. The second kappa shape index (κ2) is 6.35. The molecule has 0 saturated carbocycles. The molecule has 29 heavy (non-hydrogen) atoms. The van der Waals surface area contributed by atoms with Crippen LogP contribution in [0.2, 0.25) is 0 Å². The Morgan fingerprint density at radius 3 is 2.28 bits per heavy atom.